The number of aromatic nitrogens is 2. The second-order valence-corrected chi connectivity index (χ2v) is 10.8. The van der Waals surface area contributed by atoms with E-state index in [1.807, 2.05) is 42.2 Å². The first-order valence-electron chi connectivity index (χ1n) is 12.8. The highest BCUT2D eigenvalue weighted by Gasteiger charge is 2.33. The summed E-state index contributed by atoms with van der Waals surface area (Å²) >= 11 is 0. The first-order chi connectivity index (χ1) is 18.0. The van der Waals surface area contributed by atoms with Crippen molar-refractivity contribution in [2.45, 2.75) is 77.7 Å². The minimum atomic E-state index is -0.981. The van der Waals surface area contributed by atoms with Crippen molar-refractivity contribution in [3.63, 3.8) is 0 Å². The van der Waals surface area contributed by atoms with Crippen LogP contribution in [0, 0.1) is 18.6 Å². The van der Waals surface area contributed by atoms with Crippen molar-refractivity contribution in [3.8, 4) is 0 Å². The maximum atomic E-state index is 13.9. The second-order valence-electron chi connectivity index (χ2n) is 10.8. The van der Waals surface area contributed by atoms with Gasteiger partial charge in [-0.25, -0.2) is 18.6 Å². The molecule has 0 radical (unpaired) electrons. The molecule has 1 N–H and O–H groups in total. The van der Waals surface area contributed by atoms with Gasteiger partial charge in [0, 0.05) is 30.9 Å². The highest BCUT2D eigenvalue weighted by Crippen LogP contribution is 2.24. The zero-order valence-corrected chi connectivity index (χ0v) is 22.2. The number of imidazole rings is 1. The Bertz CT molecular complexity index is 1290. The molecule has 0 aliphatic carbocycles. The van der Waals surface area contributed by atoms with E-state index in [9.17, 15) is 18.4 Å². The number of fused-ring (bicyclic) bond motifs is 1. The van der Waals surface area contributed by atoms with Crippen LogP contribution in [0.25, 0.3) is 0 Å². The highest BCUT2D eigenvalue weighted by molar-refractivity contribution is 5.78. The van der Waals surface area contributed by atoms with Gasteiger partial charge in [0.2, 0.25) is 5.91 Å². The van der Waals surface area contributed by atoms with E-state index in [1.54, 1.807) is 27.0 Å². The summed E-state index contributed by atoms with van der Waals surface area (Å²) in [6.45, 7) is 8.18. The molecule has 1 unspecified atom stereocenters. The fourth-order valence-electron chi connectivity index (χ4n) is 4.76. The lowest BCUT2D eigenvalue weighted by molar-refractivity contribution is -0.136. The molecule has 202 valence electrons. The highest BCUT2D eigenvalue weighted by atomic mass is 19.2. The van der Waals surface area contributed by atoms with E-state index in [2.05, 4.69) is 14.9 Å². The summed E-state index contributed by atoms with van der Waals surface area (Å²) in [5.41, 5.74) is 1.88. The Kier molecular flexibility index (Phi) is 8.14. The van der Waals surface area contributed by atoms with Gasteiger partial charge in [0.05, 0.1) is 12.6 Å². The van der Waals surface area contributed by atoms with Crippen LogP contribution in [0.2, 0.25) is 0 Å². The van der Waals surface area contributed by atoms with Gasteiger partial charge < -0.3 is 19.5 Å². The van der Waals surface area contributed by atoms with Crippen LogP contribution in [-0.4, -0.2) is 44.1 Å². The van der Waals surface area contributed by atoms with E-state index in [0.717, 1.165) is 29.2 Å². The van der Waals surface area contributed by atoms with E-state index >= 15 is 0 Å². The molecule has 0 spiro atoms. The molecule has 2 heterocycles. The number of nitrogens with one attached hydrogen (secondary N) is 1. The summed E-state index contributed by atoms with van der Waals surface area (Å²) < 4.78 is 34.9. The number of ether oxygens (including phenoxy) is 1. The van der Waals surface area contributed by atoms with Gasteiger partial charge in [-0.3, -0.25) is 4.79 Å². The normalized spacial score (nSPS) is 16.1. The topological polar surface area (TPSA) is 76.5 Å². The summed E-state index contributed by atoms with van der Waals surface area (Å²) in [7, 11) is 0. The number of carbonyl (C=O) groups excluding carboxylic acids is 2. The number of halogens is 2. The molecule has 2 aromatic carbocycles. The molecule has 0 saturated carbocycles. The van der Waals surface area contributed by atoms with Gasteiger partial charge in [-0.1, -0.05) is 36.4 Å². The summed E-state index contributed by atoms with van der Waals surface area (Å²) in [6.07, 6.45) is 1.88. The minimum Gasteiger partial charge on any atom is -0.444 e. The monoisotopic (exact) mass is 524 g/mol. The number of hydrogen-bond acceptors (Lipinski definition) is 4. The van der Waals surface area contributed by atoms with E-state index < -0.39 is 29.4 Å². The van der Waals surface area contributed by atoms with Crippen molar-refractivity contribution in [2.24, 2.45) is 0 Å². The molecule has 1 aromatic heterocycles. The number of rotatable bonds is 7. The third-order valence-electron chi connectivity index (χ3n) is 6.53. The van der Waals surface area contributed by atoms with Gasteiger partial charge in [0.1, 0.15) is 11.4 Å². The number of hydrogen-bond donors (Lipinski definition) is 1. The van der Waals surface area contributed by atoms with E-state index in [-0.39, 0.29) is 24.8 Å². The zero-order chi connectivity index (χ0) is 27.4. The standard InChI is InChI=1S/C29H34F2N4O3/c1-19-16-32-26-18-35(23(17-34(19)26)13-20-8-6-5-7-9-20)27(36)15-22(33-28(37)38-29(2,3)4)12-21-10-11-24(30)25(31)14-21/h5-11,14,16,22-23H,12-13,15,17-18H2,1-4H3,(H,33,37)/t22-,23?/m1/s1. The lowest BCUT2D eigenvalue weighted by atomic mass is 9.99. The minimum absolute atomic E-state index is 0.0385. The smallest absolute Gasteiger partial charge is 0.407 e. The lowest BCUT2D eigenvalue weighted by Gasteiger charge is -2.37. The Morgan fingerprint density at radius 3 is 2.53 bits per heavy atom. The molecule has 1 aliphatic rings. The SMILES string of the molecule is Cc1cnc2n1CC(Cc1ccccc1)N(C(=O)C[C@@H](Cc1ccc(F)c(F)c1)NC(=O)OC(C)(C)C)C2. The number of nitrogens with zero attached hydrogens (tertiary/aromatic N) is 3. The van der Waals surface area contributed by atoms with Gasteiger partial charge in [-0.2, -0.15) is 0 Å². The fourth-order valence-corrected chi connectivity index (χ4v) is 4.76. The zero-order valence-electron chi connectivity index (χ0n) is 22.2. The van der Waals surface area contributed by atoms with Crippen LogP contribution in [0.1, 0.15) is 49.8 Å². The van der Waals surface area contributed by atoms with Gasteiger partial charge in [-0.05, 0) is 63.8 Å². The van der Waals surface area contributed by atoms with Gasteiger partial charge in [0.15, 0.2) is 11.6 Å². The van der Waals surface area contributed by atoms with Gasteiger partial charge in [0.25, 0.3) is 0 Å². The molecular formula is C29H34F2N4O3. The van der Waals surface area contributed by atoms with Gasteiger partial charge in [-0.15, -0.1) is 0 Å². The Labute approximate surface area is 221 Å². The number of aryl methyl sites for hydroxylation is 1. The van der Waals surface area contributed by atoms with Gasteiger partial charge >= 0.3 is 6.09 Å². The lowest BCUT2D eigenvalue weighted by Crippen LogP contribution is -2.50. The Hall–Kier alpha value is -3.75. The summed E-state index contributed by atoms with van der Waals surface area (Å²) in [6, 6.07) is 12.7. The molecule has 0 saturated heterocycles. The van der Waals surface area contributed by atoms with Crippen LogP contribution < -0.4 is 5.32 Å². The first kappa shape index (κ1) is 27.3. The number of benzene rings is 2. The maximum absolute atomic E-state index is 13.9. The fraction of sp³-hybridized carbons (Fsp3) is 0.414. The quantitative estimate of drug-likeness (QED) is 0.475. The van der Waals surface area contributed by atoms with Crippen molar-refractivity contribution in [3.05, 3.63) is 89.0 Å². The molecular weight excluding hydrogens is 490 g/mol. The third-order valence-corrected chi connectivity index (χ3v) is 6.53. The van der Waals surface area contributed by atoms with Crippen molar-refractivity contribution in [1.29, 1.82) is 0 Å². The number of alkyl carbamates (subject to hydrolysis) is 1. The van der Waals surface area contributed by atoms with Crippen LogP contribution >= 0.6 is 0 Å². The number of carbonyl (C=O) groups is 2. The molecule has 2 amide bonds. The molecule has 4 rings (SSSR count). The predicted octanol–water partition coefficient (Wildman–Crippen LogP) is 4.95. The third kappa shape index (κ3) is 6.96. The Morgan fingerprint density at radius 1 is 1.11 bits per heavy atom. The average Bonchev–Trinajstić information content (AvgIpc) is 3.20. The Morgan fingerprint density at radius 2 is 1.84 bits per heavy atom. The molecule has 0 fully saturated rings. The predicted molar refractivity (Wildman–Crippen MR) is 139 cm³/mol. The van der Waals surface area contributed by atoms with Crippen LogP contribution in [0.4, 0.5) is 13.6 Å². The largest absolute Gasteiger partial charge is 0.444 e. The van der Waals surface area contributed by atoms with Crippen molar-refractivity contribution in [2.75, 3.05) is 0 Å². The van der Waals surface area contributed by atoms with E-state index in [1.165, 1.54) is 6.07 Å². The first-order valence-corrected chi connectivity index (χ1v) is 12.8. The molecule has 1 aliphatic heterocycles. The average molecular weight is 525 g/mol. The Balaban J connectivity index is 1.56. The van der Waals surface area contributed by atoms with Crippen molar-refractivity contribution >= 4 is 12.0 Å². The molecule has 7 nitrogen and oxygen atoms in total. The molecule has 38 heavy (non-hydrogen) atoms. The van der Waals surface area contributed by atoms with Crippen LogP contribution in [0.5, 0.6) is 0 Å². The van der Waals surface area contributed by atoms with E-state index in [4.69, 9.17) is 4.74 Å². The summed E-state index contributed by atoms with van der Waals surface area (Å²) in [4.78, 5) is 32.7. The summed E-state index contributed by atoms with van der Waals surface area (Å²) in [5, 5.41) is 2.77. The van der Waals surface area contributed by atoms with Crippen LogP contribution in [0.3, 0.4) is 0 Å². The number of amides is 2. The molecule has 3 aromatic rings. The second kappa shape index (κ2) is 11.3. The summed E-state index contributed by atoms with van der Waals surface area (Å²) in [5.74, 6) is -1.30. The maximum Gasteiger partial charge on any atom is 0.407 e. The van der Waals surface area contributed by atoms with Crippen molar-refractivity contribution < 1.29 is 23.1 Å². The molecule has 2 atom stereocenters. The van der Waals surface area contributed by atoms with Crippen LogP contribution in [0.15, 0.2) is 54.7 Å². The molecule has 9 heteroatoms. The van der Waals surface area contributed by atoms with Crippen LogP contribution in [-0.2, 0) is 35.5 Å². The van der Waals surface area contributed by atoms with E-state index in [0.29, 0.717) is 25.1 Å². The molecule has 0 bridgehead atoms. The van der Waals surface area contributed by atoms with Crippen molar-refractivity contribution in [1.82, 2.24) is 19.8 Å².